The summed E-state index contributed by atoms with van der Waals surface area (Å²) in [5.74, 6) is 1.36. The van der Waals surface area contributed by atoms with Gasteiger partial charge in [0.2, 0.25) is 0 Å². The van der Waals surface area contributed by atoms with Gasteiger partial charge in [-0.3, -0.25) is 4.90 Å². The van der Waals surface area contributed by atoms with E-state index >= 15 is 0 Å². The molecule has 0 aromatic carbocycles. The zero-order valence-corrected chi connectivity index (χ0v) is 9.69. The molecule has 1 aliphatic rings. The van der Waals surface area contributed by atoms with Crippen molar-refractivity contribution in [2.24, 2.45) is 5.92 Å². The molecule has 1 atom stereocenters. The van der Waals surface area contributed by atoms with Crippen LogP contribution in [0.4, 0.5) is 5.82 Å². The van der Waals surface area contributed by atoms with E-state index in [4.69, 9.17) is 5.11 Å². The minimum atomic E-state index is 0.313. The average Bonchev–Trinajstić information content (AvgIpc) is 2.78. The van der Waals surface area contributed by atoms with Crippen molar-refractivity contribution in [3.05, 3.63) is 23.9 Å². The van der Waals surface area contributed by atoms with E-state index < -0.39 is 0 Å². The van der Waals surface area contributed by atoms with E-state index in [2.05, 4.69) is 21.3 Å². The molecule has 2 N–H and O–H groups in total. The van der Waals surface area contributed by atoms with Crippen molar-refractivity contribution in [3.63, 3.8) is 0 Å². The van der Waals surface area contributed by atoms with Crippen LogP contribution in [-0.4, -0.2) is 41.7 Å². The first-order chi connectivity index (χ1) is 7.81. The van der Waals surface area contributed by atoms with E-state index in [1.54, 1.807) is 0 Å². The molecule has 1 unspecified atom stereocenters. The molecule has 0 radical (unpaired) electrons. The fourth-order valence-corrected chi connectivity index (χ4v) is 2.13. The summed E-state index contributed by atoms with van der Waals surface area (Å²) >= 11 is 0. The zero-order valence-electron chi connectivity index (χ0n) is 9.69. The molecule has 4 nitrogen and oxygen atoms in total. The minimum Gasteiger partial charge on any atom is -0.396 e. The third-order valence-electron chi connectivity index (χ3n) is 3.12. The molecule has 1 saturated heterocycles. The number of hydrogen-bond donors (Lipinski definition) is 2. The highest BCUT2D eigenvalue weighted by atomic mass is 16.3. The van der Waals surface area contributed by atoms with Crippen molar-refractivity contribution in [2.75, 3.05) is 32.1 Å². The summed E-state index contributed by atoms with van der Waals surface area (Å²) in [6.07, 6.45) is 3.02. The first kappa shape index (κ1) is 11.4. The molecule has 2 rings (SSSR count). The Hall–Kier alpha value is -1.13. The Bertz CT molecular complexity index is 326. The van der Waals surface area contributed by atoms with Gasteiger partial charge < -0.3 is 10.4 Å². The summed E-state index contributed by atoms with van der Waals surface area (Å²) in [5.41, 5.74) is 1.23. The van der Waals surface area contributed by atoms with Gasteiger partial charge in [-0.05, 0) is 30.5 Å². The summed E-state index contributed by atoms with van der Waals surface area (Å²) in [6.45, 7) is 3.34. The van der Waals surface area contributed by atoms with Gasteiger partial charge in [0, 0.05) is 32.9 Å². The lowest BCUT2D eigenvalue weighted by Crippen LogP contribution is -2.21. The molecule has 0 bridgehead atoms. The Morgan fingerprint density at radius 1 is 1.56 bits per heavy atom. The van der Waals surface area contributed by atoms with Crippen LogP contribution in [0.25, 0.3) is 0 Å². The first-order valence-corrected chi connectivity index (χ1v) is 5.77. The number of aliphatic hydroxyl groups is 1. The second kappa shape index (κ2) is 5.27. The summed E-state index contributed by atoms with van der Waals surface area (Å²) in [4.78, 5) is 6.66. The van der Waals surface area contributed by atoms with Crippen molar-refractivity contribution >= 4 is 5.82 Å². The van der Waals surface area contributed by atoms with Gasteiger partial charge in [-0.1, -0.05) is 6.07 Å². The molecule has 0 saturated carbocycles. The van der Waals surface area contributed by atoms with Crippen LogP contribution in [0.5, 0.6) is 0 Å². The number of likely N-dealkylation sites (tertiary alicyclic amines) is 1. The molecular weight excluding hydrogens is 202 g/mol. The number of nitrogens with one attached hydrogen (secondary N) is 1. The van der Waals surface area contributed by atoms with Crippen LogP contribution in [-0.2, 0) is 6.54 Å². The Kier molecular flexibility index (Phi) is 3.74. The monoisotopic (exact) mass is 221 g/mol. The number of pyridine rings is 1. The molecule has 2 heterocycles. The van der Waals surface area contributed by atoms with Crippen LogP contribution in [0.1, 0.15) is 12.0 Å². The van der Waals surface area contributed by atoms with Gasteiger partial charge in [-0.15, -0.1) is 0 Å². The highest BCUT2D eigenvalue weighted by Crippen LogP contribution is 2.18. The maximum absolute atomic E-state index is 9.07. The maximum Gasteiger partial charge on any atom is 0.125 e. The lowest BCUT2D eigenvalue weighted by Gasteiger charge is -2.15. The topological polar surface area (TPSA) is 48.4 Å². The van der Waals surface area contributed by atoms with Gasteiger partial charge in [0.25, 0.3) is 0 Å². The summed E-state index contributed by atoms with van der Waals surface area (Å²) in [6, 6.07) is 4.10. The fourth-order valence-electron chi connectivity index (χ4n) is 2.13. The third kappa shape index (κ3) is 2.71. The predicted octanol–water partition coefficient (Wildman–Crippen LogP) is 0.937. The molecule has 4 heteroatoms. The van der Waals surface area contributed by atoms with Crippen LogP contribution in [0.15, 0.2) is 18.3 Å². The van der Waals surface area contributed by atoms with Crippen LogP contribution in [0.3, 0.4) is 0 Å². The number of aromatic nitrogens is 1. The Morgan fingerprint density at radius 3 is 3.00 bits per heavy atom. The second-order valence-electron chi connectivity index (χ2n) is 4.37. The largest absolute Gasteiger partial charge is 0.396 e. The third-order valence-corrected chi connectivity index (χ3v) is 3.12. The zero-order chi connectivity index (χ0) is 11.4. The number of anilines is 1. The fraction of sp³-hybridized carbons (Fsp3) is 0.583. The van der Waals surface area contributed by atoms with Crippen molar-refractivity contribution < 1.29 is 5.11 Å². The summed E-state index contributed by atoms with van der Waals surface area (Å²) in [5, 5.41) is 12.1. The van der Waals surface area contributed by atoms with Crippen molar-refractivity contribution in [2.45, 2.75) is 13.0 Å². The molecule has 1 aliphatic heterocycles. The SMILES string of the molecule is CNc1ccc(CN2CCC(CO)C2)cn1. The lowest BCUT2D eigenvalue weighted by molar-refractivity contribution is 0.220. The quantitative estimate of drug-likeness (QED) is 0.794. The molecule has 1 fully saturated rings. The minimum absolute atomic E-state index is 0.313. The van der Waals surface area contributed by atoms with E-state index in [1.807, 2.05) is 19.3 Å². The van der Waals surface area contributed by atoms with Gasteiger partial charge in [-0.25, -0.2) is 4.98 Å². The van der Waals surface area contributed by atoms with Gasteiger partial charge >= 0.3 is 0 Å². The molecule has 0 amide bonds. The Labute approximate surface area is 96.3 Å². The van der Waals surface area contributed by atoms with E-state index in [0.717, 1.165) is 31.9 Å². The molecule has 1 aromatic heterocycles. The summed E-state index contributed by atoms with van der Waals surface area (Å²) in [7, 11) is 1.87. The van der Waals surface area contributed by atoms with Crippen LogP contribution >= 0.6 is 0 Å². The van der Waals surface area contributed by atoms with Gasteiger partial charge in [0.05, 0.1) is 0 Å². The van der Waals surface area contributed by atoms with Gasteiger partial charge in [0.1, 0.15) is 5.82 Å². The number of aliphatic hydroxyl groups excluding tert-OH is 1. The summed E-state index contributed by atoms with van der Waals surface area (Å²) < 4.78 is 0. The highest BCUT2D eigenvalue weighted by molar-refractivity contribution is 5.34. The molecular formula is C12H19N3O. The van der Waals surface area contributed by atoms with Crippen LogP contribution < -0.4 is 5.32 Å². The molecule has 88 valence electrons. The van der Waals surface area contributed by atoms with Crippen molar-refractivity contribution in [3.8, 4) is 0 Å². The second-order valence-corrected chi connectivity index (χ2v) is 4.37. The smallest absolute Gasteiger partial charge is 0.125 e. The average molecular weight is 221 g/mol. The molecule has 0 aliphatic carbocycles. The van der Waals surface area contributed by atoms with E-state index in [1.165, 1.54) is 5.56 Å². The molecule has 16 heavy (non-hydrogen) atoms. The molecule has 1 aromatic rings. The van der Waals surface area contributed by atoms with Crippen LogP contribution in [0, 0.1) is 5.92 Å². The predicted molar refractivity (Wildman–Crippen MR) is 64.3 cm³/mol. The van der Waals surface area contributed by atoms with Crippen molar-refractivity contribution in [1.82, 2.24) is 9.88 Å². The molecule has 0 spiro atoms. The number of rotatable bonds is 4. The normalized spacial score (nSPS) is 21.2. The van der Waals surface area contributed by atoms with E-state index in [-0.39, 0.29) is 0 Å². The lowest BCUT2D eigenvalue weighted by atomic mass is 10.1. The number of nitrogens with zero attached hydrogens (tertiary/aromatic N) is 2. The van der Waals surface area contributed by atoms with Crippen LogP contribution in [0.2, 0.25) is 0 Å². The van der Waals surface area contributed by atoms with E-state index in [0.29, 0.717) is 12.5 Å². The van der Waals surface area contributed by atoms with Gasteiger partial charge in [-0.2, -0.15) is 0 Å². The first-order valence-electron chi connectivity index (χ1n) is 5.77. The number of hydrogen-bond acceptors (Lipinski definition) is 4. The maximum atomic E-state index is 9.07. The van der Waals surface area contributed by atoms with Crippen molar-refractivity contribution in [1.29, 1.82) is 0 Å². The Morgan fingerprint density at radius 2 is 2.44 bits per heavy atom. The van der Waals surface area contributed by atoms with Gasteiger partial charge in [0.15, 0.2) is 0 Å². The standard InChI is InChI=1S/C12H19N3O/c1-13-12-3-2-10(6-14-12)7-15-5-4-11(8-15)9-16/h2-3,6,11,16H,4-5,7-9H2,1H3,(H,13,14). The Balaban J connectivity index is 1.89. The highest BCUT2D eigenvalue weighted by Gasteiger charge is 2.21. The van der Waals surface area contributed by atoms with E-state index in [9.17, 15) is 0 Å².